The topological polar surface area (TPSA) is 90.8 Å². The third-order valence-electron chi connectivity index (χ3n) is 4.06. The predicted octanol–water partition coefficient (Wildman–Crippen LogP) is 2.51. The Morgan fingerprint density at radius 2 is 1.68 bits per heavy atom. The molecule has 154 valence electrons. The first-order valence-electron chi connectivity index (χ1n) is 8.37. The van der Waals surface area contributed by atoms with Gasteiger partial charge in [0.25, 0.3) is 0 Å². The molecule has 0 aliphatic rings. The van der Waals surface area contributed by atoms with Gasteiger partial charge in [0, 0.05) is 32.0 Å². The molecule has 0 aliphatic heterocycles. The Kier molecular flexibility index (Phi) is 9.31. The Morgan fingerprint density at radius 1 is 1.11 bits per heavy atom. The van der Waals surface area contributed by atoms with Gasteiger partial charge in [0.1, 0.15) is 5.82 Å². The lowest BCUT2D eigenvalue weighted by Gasteiger charge is -2.13. The largest absolute Gasteiger partial charge is 0.392 e. The number of aliphatic imine (C=N–C) groups is 1. The molecule has 0 bridgehead atoms. The van der Waals surface area contributed by atoms with Crippen molar-refractivity contribution < 1.29 is 17.9 Å². The molecular formula is C19H25FIN3O3S. The van der Waals surface area contributed by atoms with Crippen LogP contribution in [0.1, 0.15) is 22.3 Å². The average molecular weight is 521 g/mol. The van der Waals surface area contributed by atoms with Crippen molar-refractivity contribution in [2.45, 2.75) is 31.5 Å². The summed E-state index contributed by atoms with van der Waals surface area (Å²) in [6.45, 7) is 2.30. The highest BCUT2D eigenvalue weighted by Crippen LogP contribution is 2.16. The van der Waals surface area contributed by atoms with Crippen molar-refractivity contribution in [3.63, 3.8) is 0 Å². The average Bonchev–Trinajstić information content (AvgIpc) is 2.62. The SMILES string of the molecule is CN=C(NCc1ccc(S(C)(=O)=O)c(C)c1)NCc1ccc(F)c(CO)c1.I. The van der Waals surface area contributed by atoms with Gasteiger partial charge in [-0.2, -0.15) is 0 Å². The molecule has 2 aromatic carbocycles. The predicted molar refractivity (Wildman–Crippen MR) is 119 cm³/mol. The standard InChI is InChI=1S/C19H24FN3O3S.HI/c1-13-8-14(5-7-18(13)27(3,25)26)10-22-19(21-2)23-11-15-4-6-17(20)16(9-15)12-24;/h4-9,24H,10-12H2,1-3H3,(H2,21,22,23);1H. The minimum Gasteiger partial charge on any atom is -0.392 e. The number of aryl methyl sites for hydroxylation is 1. The molecule has 6 nitrogen and oxygen atoms in total. The molecule has 0 radical (unpaired) electrons. The fourth-order valence-electron chi connectivity index (χ4n) is 2.69. The molecule has 0 saturated carbocycles. The first-order valence-corrected chi connectivity index (χ1v) is 10.3. The third-order valence-corrected chi connectivity index (χ3v) is 5.32. The van der Waals surface area contributed by atoms with Crippen molar-refractivity contribution in [1.82, 2.24) is 10.6 Å². The van der Waals surface area contributed by atoms with Crippen molar-refractivity contribution in [2.24, 2.45) is 4.99 Å². The van der Waals surface area contributed by atoms with Crippen LogP contribution in [-0.2, 0) is 29.5 Å². The quantitative estimate of drug-likeness (QED) is 0.309. The Balaban J connectivity index is 0.00000392. The van der Waals surface area contributed by atoms with Crippen molar-refractivity contribution in [3.05, 3.63) is 64.5 Å². The van der Waals surface area contributed by atoms with E-state index in [-0.39, 0.29) is 36.1 Å². The fourth-order valence-corrected chi connectivity index (χ4v) is 3.65. The van der Waals surface area contributed by atoms with Gasteiger partial charge in [-0.15, -0.1) is 24.0 Å². The number of hydrogen-bond acceptors (Lipinski definition) is 4. The number of nitrogens with zero attached hydrogens (tertiary/aromatic N) is 1. The zero-order chi connectivity index (χ0) is 20.0. The molecule has 0 saturated heterocycles. The van der Waals surface area contributed by atoms with E-state index in [0.29, 0.717) is 29.5 Å². The van der Waals surface area contributed by atoms with Gasteiger partial charge in [0.2, 0.25) is 0 Å². The normalized spacial score (nSPS) is 11.7. The molecular weight excluding hydrogens is 496 g/mol. The van der Waals surface area contributed by atoms with Crippen molar-refractivity contribution in [3.8, 4) is 0 Å². The molecule has 0 amide bonds. The van der Waals surface area contributed by atoms with Crippen LogP contribution >= 0.6 is 24.0 Å². The number of hydrogen-bond donors (Lipinski definition) is 3. The highest BCUT2D eigenvalue weighted by Gasteiger charge is 2.11. The molecule has 2 rings (SSSR count). The Hall–Kier alpha value is -1.72. The molecule has 28 heavy (non-hydrogen) atoms. The number of rotatable bonds is 6. The monoisotopic (exact) mass is 521 g/mol. The summed E-state index contributed by atoms with van der Waals surface area (Å²) < 4.78 is 36.8. The fraction of sp³-hybridized carbons (Fsp3) is 0.316. The molecule has 0 aliphatic carbocycles. The zero-order valence-electron chi connectivity index (χ0n) is 16.0. The van der Waals surface area contributed by atoms with Crippen LogP contribution in [0, 0.1) is 12.7 Å². The van der Waals surface area contributed by atoms with Gasteiger partial charge in [0.15, 0.2) is 15.8 Å². The minimum absolute atomic E-state index is 0. The van der Waals surface area contributed by atoms with Crippen LogP contribution < -0.4 is 10.6 Å². The van der Waals surface area contributed by atoms with Crippen molar-refractivity contribution in [2.75, 3.05) is 13.3 Å². The van der Waals surface area contributed by atoms with Crippen molar-refractivity contribution in [1.29, 1.82) is 0 Å². The van der Waals surface area contributed by atoms with E-state index in [1.165, 1.54) is 12.3 Å². The summed E-state index contributed by atoms with van der Waals surface area (Å²) in [6, 6.07) is 9.75. The van der Waals surface area contributed by atoms with Gasteiger partial charge in [-0.25, -0.2) is 12.8 Å². The number of aliphatic hydroxyl groups is 1. The van der Waals surface area contributed by atoms with E-state index in [1.54, 1.807) is 38.2 Å². The van der Waals surface area contributed by atoms with Gasteiger partial charge < -0.3 is 15.7 Å². The number of nitrogens with one attached hydrogen (secondary N) is 2. The van der Waals surface area contributed by atoms with E-state index in [0.717, 1.165) is 11.1 Å². The molecule has 3 N–H and O–H groups in total. The van der Waals surface area contributed by atoms with Gasteiger partial charge >= 0.3 is 0 Å². The van der Waals surface area contributed by atoms with Gasteiger partial charge in [0.05, 0.1) is 11.5 Å². The van der Waals surface area contributed by atoms with Gasteiger partial charge in [-0.1, -0.05) is 18.2 Å². The second kappa shape index (κ2) is 10.7. The second-order valence-corrected chi connectivity index (χ2v) is 8.22. The molecule has 0 aromatic heterocycles. The first kappa shape index (κ1) is 24.3. The maximum Gasteiger partial charge on any atom is 0.191 e. The van der Waals surface area contributed by atoms with Crippen LogP contribution in [0.4, 0.5) is 4.39 Å². The summed E-state index contributed by atoms with van der Waals surface area (Å²) in [5.74, 6) is 0.117. The number of benzene rings is 2. The molecule has 0 atom stereocenters. The first-order chi connectivity index (χ1) is 12.7. The zero-order valence-corrected chi connectivity index (χ0v) is 19.1. The van der Waals surface area contributed by atoms with E-state index in [1.807, 2.05) is 6.07 Å². The van der Waals surface area contributed by atoms with E-state index in [9.17, 15) is 12.8 Å². The van der Waals surface area contributed by atoms with Crippen LogP contribution in [0.3, 0.4) is 0 Å². The number of sulfone groups is 1. The molecule has 0 unspecified atom stereocenters. The Labute approximate surface area is 182 Å². The maximum atomic E-state index is 13.4. The summed E-state index contributed by atoms with van der Waals surface area (Å²) in [6.07, 6.45) is 1.19. The van der Waals surface area contributed by atoms with Crippen molar-refractivity contribution >= 4 is 39.8 Å². The molecule has 0 fully saturated rings. The molecule has 2 aromatic rings. The smallest absolute Gasteiger partial charge is 0.191 e. The minimum atomic E-state index is -3.24. The summed E-state index contributed by atoms with van der Waals surface area (Å²) in [5.41, 5.74) is 2.69. The van der Waals surface area contributed by atoms with E-state index >= 15 is 0 Å². The van der Waals surface area contributed by atoms with Gasteiger partial charge in [-0.05, 0) is 41.8 Å². The number of guanidine groups is 1. The van der Waals surface area contributed by atoms with Crippen LogP contribution in [0.25, 0.3) is 0 Å². The van der Waals surface area contributed by atoms with Crippen LogP contribution in [0.5, 0.6) is 0 Å². The molecule has 9 heteroatoms. The van der Waals surface area contributed by atoms with E-state index in [2.05, 4.69) is 15.6 Å². The van der Waals surface area contributed by atoms with Crippen LogP contribution in [0.15, 0.2) is 46.3 Å². The second-order valence-electron chi connectivity index (χ2n) is 6.24. The molecule has 0 heterocycles. The number of aliphatic hydroxyl groups excluding tert-OH is 1. The lowest BCUT2D eigenvalue weighted by Crippen LogP contribution is -2.36. The lowest BCUT2D eigenvalue weighted by atomic mass is 10.1. The Bertz CT molecular complexity index is 949. The van der Waals surface area contributed by atoms with Crippen LogP contribution in [-0.4, -0.2) is 32.8 Å². The number of halogens is 2. The Morgan fingerprint density at radius 3 is 2.18 bits per heavy atom. The highest BCUT2D eigenvalue weighted by atomic mass is 127. The van der Waals surface area contributed by atoms with Crippen LogP contribution in [0.2, 0.25) is 0 Å². The summed E-state index contributed by atoms with van der Waals surface area (Å²) in [4.78, 5) is 4.46. The summed E-state index contributed by atoms with van der Waals surface area (Å²) in [7, 11) is -1.60. The maximum absolute atomic E-state index is 13.4. The lowest BCUT2D eigenvalue weighted by molar-refractivity contribution is 0.275. The molecule has 0 spiro atoms. The highest BCUT2D eigenvalue weighted by molar-refractivity contribution is 14.0. The summed E-state index contributed by atoms with van der Waals surface area (Å²) >= 11 is 0. The third kappa shape index (κ3) is 6.71. The van der Waals surface area contributed by atoms with E-state index < -0.39 is 15.7 Å². The summed E-state index contributed by atoms with van der Waals surface area (Å²) in [5, 5.41) is 15.4. The van der Waals surface area contributed by atoms with Gasteiger partial charge in [-0.3, -0.25) is 4.99 Å². The van der Waals surface area contributed by atoms with E-state index in [4.69, 9.17) is 5.11 Å².